The molecular formula is C19H27N3O2. The molecule has 1 saturated carbocycles. The SMILES string of the molecule is CCn1nccc1[C@@H]1OCC[C@H]1CNCc1ccc(C2CC2C)o1. The lowest BCUT2D eigenvalue weighted by Crippen LogP contribution is -2.25. The molecule has 1 aliphatic heterocycles. The van der Waals surface area contributed by atoms with E-state index in [1.807, 2.05) is 10.9 Å². The minimum atomic E-state index is 0.152. The van der Waals surface area contributed by atoms with Gasteiger partial charge in [0.2, 0.25) is 0 Å². The van der Waals surface area contributed by atoms with Gasteiger partial charge in [0.15, 0.2) is 0 Å². The first-order valence-electron chi connectivity index (χ1n) is 9.19. The van der Waals surface area contributed by atoms with E-state index >= 15 is 0 Å². The first-order chi connectivity index (χ1) is 11.8. The van der Waals surface area contributed by atoms with E-state index in [1.165, 1.54) is 12.1 Å². The molecule has 2 unspecified atom stereocenters. The third kappa shape index (κ3) is 3.15. The van der Waals surface area contributed by atoms with Crippen molar-refractivity contribution in [3.05, 3.63) is 41.6 Å². The van der Waals surface area contributed by atoms with Gasteiger partial charge in [0, 0.05) is 37.7 Å². The predicted octanol–water partition coefficient (Wildman–Crippen LogP) is 3.49. The molecule has 24 heavy (non-hydrogen) atoms. The Kier molecular flexibility index (Phi) is 4.46. The summed E-state index contributed by atoms with van der Waals surface area (Å²) in [6.45, 7) is 7.85. The highest BCUT2D eigenvalue weighted by Crippen LogP contribution is 2.47. The Hall–Kier alpha value is -1.59. The Labute approximate surface area is 143 Å². The molecule has 0 amide bonds. The lowest BCUT2D eigenvalue weighted by molar-refractivity contribution is 0.0828. The number of furan rings is 1. The van der Waals surface area contributed by atoms with Crippen molar-refractivity contribution < 1.29 is 9.15 Å². The fourth-order valence-corrected chi connectivity index (χ4v) is 3.81. The summed E-state index contributed by atoms with van der Waals surface area (Å²) in [7, 11) is 0. The van der Waals surface area contributed by atoms with E-state index < -0.39 is 0 Å². The molecule has 4 atom stereocenters. The van der Waals surface area contributed by atoms with Crippen LogP contribution in [-0.2, 0) is 17.8 Å². The molecular weight excluding hydrogens is 302 g/mol. The van der Waals surface area contributed by atoms with Crippen LogP contribution in [0.3, 0.4) is 0 Å². The van der Waals surface area contributed by atoms with Gasteiger partial charge < -0.3 is 14.5 Å². The van der Waals surface area contributed by atoms with Crippen LogP contribution in [-0.4, -0.2) is 22.9 Å². The van der Waals surface area contributed by atoms with Crippen LogP contribution in [0.5, 0.6) is 0 Å². The van der Waals surface area contributed by atoms with Gasteiger partial charge in [-0.2, -0.15) is 5.10 Å². The zero-order chi connectivity index (χ0) is 16.5. The third-order valence-corrected chi connectivity index (χ3v) is 5.42. The fourth-order valence-electron chi connectivity index (χ4n) is 3.81. The molecule has 5 heteroatoms. The summed E-state index contributed by atoms with van der Waals surface area (Å²) in [6, 6.07) is 6.34. The number of nitrogens with zero attached hydrogens (tertiary/aromatic N) is 2. The topological polar surface area (TPSA) is 52.2 Å². The normalized spacial score (nSPS) is 29.2. The van der Waals surface area contributed by atoms with Crippen molar-refractivity contribution in [1.82, 2.24) is 15.1 Å². The van der Waals surface area contributed by atoms with Gasteiger partial charge in [-0.05, 0) is 43.9 Å². The highest BCUT2D eigenvalue weighted by Gasteiger charge is 2.36. The molecule has 2 fully saturated rings. The molecule has 1 saturated heterocycles. The molecule has 4 rings (SSSR count). The predicted molar refractivity (Wildman–Crippen MR) is 91.6 cm³/mol. The standard InChI is InChI=1S/C19H27N3O2/c1-3-22-17(6-8-21-22)19-14(7-9-23-19)11-20-12-15-4-5-18(24-15)16-10-13(16)2/h4-6,8,13-14,16,19-20H,3,7,9-12H2,1-2H3/t13?,14-,16?,19+/m0/s1. The Balaban J connectivity index is 1.31. The largest absolute Gasteiger partial charge is 0.464 e. The van der Waals surface area contributed by atoms with Gasteiger partial charge in [-0.3, -0.25) is 4.68 Å². The van der Waals surface area contributed by atoms with Crippen molar-refractivity contribution in [1.29, 1.82) is 0 Å². The Morgan fingerprint density at radius 1 is 1.33 bits per heavy atom. The van der Waals surface area contributed by atoms with Gasteiger partial charge in [-0.15, -0.1) is 0 Å². The maximum absolute atomic E-state index is 5.99. The monoisotopic (exact) mass is 329 g/mol. The van der Waals surface area contributed by atoms with Crippen LogP contribution in [0.2, 0.25) is 0 Å². The molecule has 0 aromatic carbocycles. The van der Waals surface area contributed by atoms with Crippen molar-refractivity contribution in [3.8, 4) is 0 Å². The second-order valence-electron chi connectivity index (χ2n) is 7.17. The van der Waals surface area contributed by atoms with E-state index in [1.54, 1.807) is 0 Å². The summed E-state index contributed by atoms with van der Waals surface area (Å²) in [6.07, 6.45) is 4.38. The van der Waals surface area contributed by atoms with Gasteiger partial charge in [0.05, 0.1) is 12.2 Å². The van der Waals surface area contributed by atoms with Crippen LogP contribution >= 0.6 is 0 Å². The summed E-state index contributed by atoms with van der Waals surface area (Å²) in [4.78, 5) is 0. The number of aromatic nitrogens is 2. The first kappa shape index (κ1) is 15.9. The van der Waals surface area contributed by atoms with Crippen LogP contribution in [0.15, 0.2) is 28.8 Å². The van der Waals surface area contributed by atoms with Gasteiger partial charge in [-0.1, -0.05) is 6.92 Å². The van der Waals surface area contributed by atoms with Crippen LogP contribution in [0.25, 0.3) is 0 Å². The molecule has 0 bridgehead atoms. The quantitative estimate of drug-likeness (QED) is 0.845. The average Bonchev–Trinajstić information content (AvgIpc) is 3.04. The Bertz CT molecular complexity index is 678. The van der Waals surface area contributed by atoms with Gasteiger partial charge in [-0.25, -0.2) is 0 Å². The summed E-state index contributed by atoms with van der Waals surface area (Å²) >= 11 is 0. The number of nitrogens with one attached hydrogen (secondary N) is 1. The Morgan fingerprint density at radius 3 is 3.00 bits per heavy atom. The van der Waals surface area contributed by atoms with E-state index in [0.717, 1.165) is 50.1 Å². The zero-order valence-electron chi connectivity index (χ0n) is 14.6. The highest BCUT2D eigenvalue weighted by molar-refractivity contribution is 5.17. The molecule has 0 radical (unpaired) electrons. The van der Waals surface area contributed by atoms with E-state index in [2.05, 4.69) is 42.5 Å². The van der Waals surface area contributed by atoms with Crippen LogP contribution in [0, 0.1) is 11.8 Å². The van der Waals surface area contributed by atoms with Crippen molar-refractivity contribution in [2.45, 2.75) is 51.8 Å². The highest BCUT2D eigenvalue weighted by atomic mass is 16.5. The summed E-state index contributed by atoms with van der Waals surface area (Å²) in [5.41, 5.74) is 1.20. The number of aryl methyl sites for hydroxylation is 1. The minimum Gasteiger partial charge on any atom is -0.464 e. The van der Waals surface area contributed by atoms with Crippen molar-refractivity contribution >= 4 is 0 Å². The van der Waals surface area contributed by atoms with Crippen molar-refractivity contribution in [2.75, 3.05) is 13.2 Å². The van der Waals surface area contributed by atoms with E-state index in [-0.39, 0.29) is 6.10 Å². The average molecular weight is 329 g/mol. The molecule has 130 valence electrons. The molecule has 2 aliphatic rings. The minimum absolute atomic E-state index is 0.152. The first-order valence-corrected chi connectivity index (χ1v) is 9.19. The van der Waals surface area contributed by atoms with Gasteiger partial charge in [0.1, 0.15) is 17.6 Å². The second-order valence-corrected chi connectivity index (χ2v) is 7.17. The van der Waals surface area contributed by atoms with E-state index in [4.69, 9.17) is 9.15 Å². The lowest BCUT2D eigenvalue weighted by atomic mass is 9.99. The van der Waals surface area contributed by atoms with Crippen molar-refractivity contribution in [2.24, 2.45) is 11.8 Å². The molecule has 5 nitrogen and oxygen atoms in total. The molecule has 3 heterocycles. The van der Waals surface area contributed by atoms with E-state index in [9.17, 15) is 0 Å². The number of hydrogen-bond donors (Lipinski definition) is 1. The summed E-state index contributed by atoms with van der Waals surface area (Å²) in [5.74, 6) is 4.13. The summed E-state index contributed by atoms with van der Waals surface area (Å²) < 4.78 is 14.0. The molecule has 1 N–H and O–H groups in total. The smallest absolute Gasteiger partial charge is 0.117 e. The lowest BCUT2D eigenvalue weighted by Gasteiger charge is -2.19. The van der Waals surface area contributed by atoms with Crippen LogP contribution in [0.4, 0.5) is 0 Å². The fraction of sp³-hybridized carbons (Fsp3) is 0.632. The third-order valence-electron chi connectivity index (χ3n) is 5.42. The number of hydrogen-bond acceptors (Lipinski definition) is 4. The van der Waals surface area contributed by atoms with Crippen LogP contribution < -0.4 is 5.32 Å². The maximum atomic E-state index is 5.99. The molecule has 2 aromatic rings. The van der Waals surface area contributed by atoms with Crippen molar-refractivity contribution in [3.63, 3.8) is 0 Å². The molecule has 0 spiro atoms. The van der Waals surface area contributed by atoms with Gasteiger partial charge >= 0.3 is 0 Å². The molecule has 2 aromatic heterocycles. The second kappa shape index (κ2) is 6.73. The van der Waals surface area contributed by atoms with Gasteiger partial charge in [0.25, 0.3) is 0 Å². The molecule has 1 aliphatic carbocycles. The number of ether oxygens (including phenoxy) is 1. The zero-order valence-corrected chi connectivity index (χ0v) is 14.6. The Morgan fingerprint density at radius 2 is 2.21 bits per heavy atom. The number of rotatable bonds is 7. The maximum Gasteiger partial charge on any atom is 0.117 e. The van der Waals surface area contributed by atoms with Crippen LogP contribution in [0.1, 0.15) is 55.9 Å². The summed E-state index contributed by atoms with van der Waals surface area (Å²) in [5, 5.41) is 7.93. The van der Waals surface area contributed by atoms with E-state index in [0.29, 0.717) is 11.8 Å².